The van der Waals surface area contributed by atoms with Gasteiger partial charge in [-0.15, -0.1) is 6.58 Å². The summed E-state index contributed by atoms with van der Waals surface area (Å²) < 4.78 is 2.21. The zero-order valence-electron chi connectivity index (χ0n) is 18.3. The number of nitrogens with one attached hydrogen (secondary N) is 1. The van der Waals surface area contributed by atoms with Crippen LogP contribution < -0.4 is 10.2 Å². The highest BCUT2D eigenvalue weighted by molar-refractivity contribution is 5.79. The molecule has 3 aromatic heterocycles. The Morgan fingerprint density at radius 1 is 1.29 bits per heavy atom. The first-order valence-corrected chi connectivity index (χ1v) is 10.9. The molecule has 2 aliphatic rings. The lowest BCUT2D eigenvalue weighted by Gasteiger charge is -2.24. The quantitative estimate of drug-likeness (QED) is 0.610. The van der Waals surface area contributed by atoms with Crippen molar-refractivity contribution in [2.75, 3.05) is 23.3 Å². The molecule has 3 unspecified atom stereocenters. The summed E-state index contributed by atoms with van der Waals surface area (Å²) in [5, 5.41) is 13.4. The monoisotopic (exact) mass is 419 g/mol. The summed E-state index contributed by atoms with van der Waals surface area (Å²) in [6.45, 7) is 12.0. The second kappa shape index (κ2) is 7.30. The molecule has 3 aromatic rings. The number of imidazole rings is 1. The number of anilines is 3. The van der Waals surface area contributed by atoms with E-state index in [1.54, 1.807) is 12.4 Å². The minimum Gasteiger partial charge on any atom is -0.393 e. The number of aromatic nitrogens is 5. The fourth-order valence-electron chi connectivity index (χ4n) is 5.40. The van der Waals surface area contributed by atoms with Gasteiger partial charge in [-0.05, 0) is 45.6 Å². The molecule has 0 spiro atoms. The van der Waals surface area contributed by atoms with Gasteiger partial charge in [0.15, 0.2) is 0 Å². The van der Waals surface area contributed by atoms with Crippen LogP contribution in [0.1, 0.15) is 38.6 Å². The second-order valence-electron chi connectivity index (χ2n) is 9.16. The van der Waals surface area contributed by atoms with E-state index in [-0.39, 0.29) is 11.5 Å². The number of fused-ring (bicyclic) bond motifs is 2. The smallest absolute Gasteiger partial charge is 0.227 e. The average molecular weight is 420 g/mol. The van der Waals surface area contributed by atoms with Gasteiger partial charge in [0.05, 0.1) is 17.8 Å². The van der Waals surface area contributed by atoms with Crippen LogP contribution in [0.15, 0.2) is 37.2 Å². The molecule has 1 aliphatic carbocycles. The first kappa shape index (κ1) is 19.9. The van der Waals surface area contributed by atoms with Gasteiger partial charge in [-0.25, -0.2) is 15.0 Å². The zero-order chi connectivity index (χ0) is 21.8. The van der Waals surface area contributed by atoms with Gasteiger partial charge in [-0.2, -0.15) is 4.98 Å². The summed E-state index contributed by atoms with van der Waals surface area (Å²) in [4.78, 5) is 20.6. The van der Waals surface area contributed by atoms with Gasteiger partial charge in [-0.3, -0.25) is 0 Å². The molecule has 1 saturated heterocycles. The van der Waals surface area contributed by atoms with E-state index in [0.29, 0.717) is 23.7 Å². The van der Waals surface area contributed by atoms with Crippen molar-refractivity contribution >= 4 is 28.6 Å². The number of aryl methyl sites for hydroxylation is 1. The number of rotatable bonds is 5. The molecule has 1 saturated carbocycles. The summed E-state index contributed by atoms with van der Waals surface area (Å²) in [5.74, 6) is 3.49. The predicted octanol–water partition coefficient (Wildman–Crippen LogP) is 3.62. The Bertz CT molecular complexity index is 1140. The van der Waals surface area contributed by atoms with E-state index in [1.807, 2.05) is 25.1 Å². The first-order chi connectivity index (χ1) is 14.9. The lowest BCUT2D eigenvalue weighted by molar-refractivity contribution is 0.169. The molecule has 3 atom stereocenters. The molecule has 8 nitrogen and oxygen atoms in total. The van der Waals surface area contributed by atoms with Gasteiger partial charge >= 0.3 is 0 Å². The summed E-state index contributed by atoms with van der Waals surface area (Å²) >= 11 is 0. The van der Waals surface area contributed by atoms with Crippen LogP contribution in [0, 0.1) is 18.3 Å². The number of nitrogens with zero attached hydrogens (tertiary/aromatic N) is 6. The van der Waals surface area contributed by atoms with Crippen molar-refractivity contribution in [1.29, 1.82) is 0 Å². The van der Waals surface area contributed by atoms with Crippen LogP contribution in [-0.2, 0) is 0 Å². The summed E-state index contributed by atoms with van der Waals surface area (Å²) in [7, 11) is 0. The Hall–Kier alpha value is -3.00. The van der Waals surface area contributed by atoms with Crippen LogP contribution in [0.5, 0.6) is 0 Å². The number of hydrogen-bond acceptors (Lipinski definition) is 7. The van der Waals surface area contributed by atoms with Crippen molar-refractivity contribution in [2.24, 2.45) is 11.3 Å². The Kier molecular flexibility index (Phi) is 4.69. The third-order valence-electron chi connectivity index (χ3n) is 6.77. The lowest BCUT2D eigenvalue weighted by Crippen LogP contribution is -2.28. The van der Waals surface area contributed by atoms with Gasteiger partial charge in [0.1, 0.15) is 23.0 Å². The van der Waals surface area contributed by atoms with E-state index in [9.17, 15) is 5.11 Å². The van der Waals surface area contributed by atoms with Crippen LogP contribution >= 0.6 is 0 Å². The van der Waals surface area contributed by atoms with E-state index in [2.05, 4.69) is 50.2 Å². The maximum Gasteiger partial charge on any atom is 0.227 e. The number of hydrogen-bond donors (Lipinski definition) is 2. The molecule has 4 heterocycles. The van der Waals surface area contributed by atoms with Crippen LogP contribution in [0.25, 0.3) is 11.0 Å². The highest BCUT2D eigenvalue weighted by Gasteiger charge is 2.51. The van der Waals surface area contributed by atoms with E-state index < -0.39 is 0 Å². The Morgan fingerprint density at radius 3 is 2.87 bits per heavy atom. The maximum atomic E-state index is 10.1. The molecule has 5 rings (SSSR count). The Morgan fingerprint density at radius 2 is 2.13 bits per heavy atom. The highest BCUT2D eigenvalue weighted by atomic mass is 16.3. The summed E-state index contributed by atoms with van der Waals surface area (Å²) in [6.07, 6.45) is 6.94. The molecule has 2 fully saturated rings. The van der Waals surface area contributed by atoms with Crippen molar-refractivity contribution in [3.05, 3.63) is 43.0 Å². The minimum absolute atomic E-state index is 0.0497. The molecule has 1 aliphatic heterocycles. The molecule has 162 valence electrons. The van der Waals surface area contributed by atoms with Crippen molar-refractivity contribution in [2.45, 2.75) is 45.8 Å². The standard InChI is InChI=1S/C23H29N7O/c1-5-23-10-17(31)8-16(23)12-29(13-23)22-24-7-6-20(28-22)27-21-9-19-18(11-25-21)26-15(4)30(19)14(2)3/h5-7,9,11,14,16-17,31H,1,8,10,12-13H2,2-4H3,(H,24,25,27,28). The fraction of sp³-hybridized carbons (Fsp3) is 0.478. The first-order valence-electron chi connectivity index (χ1n) is 10.9. The van der Waals surface area contributed by atoms with Gasteiger partial charge < -0.3 is 19.9 Å². The van der Waals surface area contributed by atoms with Crippen LogP contribution in [0.2, 0.25) is 0 Å². The minimum atomic E-state index is -0.233. The lowest BCUT2D eigenvalue weighted by atomic mass is 9.81. The maximum absolute atomic E-state index is 10.1. The number of aliphatic hydroxyl groups excluding tert-OH is 1. The molecular weight excluding hydrogens is 390 g/mol. The third-order valence-corrected chi connectivity index (χ3v) is 6.77. The third kappa shape index (κ3) is 3.35. The topological polar surface area (TPSA) is 92.0 Å². The zero-order valence-corrected chi connectivity index (χ0v) is 18.3. The summed E-state index contributed by atoms with van der Waals surface area (Å²) in [6, 6.07) is 4.19. The van der Waals surface area contributed by atoms with Gasteiger partial charge in [-0.1, -0.05) is 6.08 Å². The number of pyridine rings is 1. The van der Waals surface area contributed by atoms with Crippen LogP contribution in [0.4, 0.5) is 17.6 Å². The molecule has 0 amide bonds. The van der Waals surface area contributed by atoms with E-state index >= 15 is 0 Å². The molecular formula is C23H29N7O. The second-order valence-corrected chi connectivity index (χ2v) is 9.16. The predicted molar refractivity (Wildman–Crippen MR) is 122 cm³/mol. The van der Waals surface area contributed by atoms with Gasteiger partial charge in [0.2, 0.25) is 5.95 Å². The Labute approximate surface area is 182 Å². The Balaban J connectivity index is 1.39. The molecule has 2 N–H and O–H groups in total. The van der Waals surface area contributed by atoms with Gasteiger partial charge in [0.25, 0.3) is 0 Å². The number of aliphatic hydroxyl groups is 1. The SMILES string of the molecule is C=CC12CC(O)CC1CN(c1nccc(Nc3cc4c(cn3)nc(C)n4C(C)C)n1)C2. The van der Waals surface area contributed by atoms with Crippen molar-refractivity contribution < 1.29 is 5.11 Å². The van der Waals surface area contributed by atoms with Gasteiger partial charge in [0, 0.05) is 36.8 Å². The fourth-order valence-corrected chi connectivity index (χ4v) is 5.40. The van der Waals surface area contributed by atoms with Crippen molar-refractivity contribution in [3.63, 3.8) is 0 Å². The van der Waals surface area contributed by atoms with E-state index in [4.69, 9.17) is 4.98 Å². The van der Waals surface area contributed by atoms with E-state index in [1.165, 1.54) is 0 Å². The normalized spacial score (nSPS) is 25.4. The molecule has 0 bridgehead atoms. The van der Waals surface area contributed by atoms with Crippen LogP contribution in [-0.4, -0.2) is 48.8 Å². The van der Waals surface area contributed by atoms with Crippen LogP contribution in [0.3, 0.4) is 0 Å². The van der Waals surface area contributed by atoms with Crippen molar-refractivity contribution in [3.8, 4) is 0 Å². The largest absolute Gasteiger partial charge is 0.393 e. The molecule has 0 aromatic carbocycles. The summed E-state index contributed by atoms with van der Waals surface area (Å²) in [5.41, 5.74) is 1.89. The van der Waals surface area contributed by atoms with Crippen molar-refractivity contribution in [1.82, 2.24) is 24.5 Å². The molecule has 8 heteroatoms. The molecule has 31 heavy (non-hydrogen) atoms. The highest BCUT2D eigenvalue weighted by Crippen LogP contribution is 2.50. The molecule has 0 radical (unpaired) electrons. The van der Waals surface area contributed by atoms with E-state index in [0.717, 1.165) is 48.6 Å². The average Bonchev–Trinajstić information content (AvgIpc) is 3.34.